The van der Waals surface area contributed by atoms with E-state index in [9.17, 15) is 0 Å². The molecule has 3 heteroatoms. The number of nitrogens with zero attached hydrogens (tertiary/aromatic N) is 1. The minimum atomic E-state index is 0.928. The van der Waals surface area contributed by atoms with Crippen LogP contribution in [0.5, 0.6) is 0 Å². The Kier molecular flexibility index (Phi) is 2.82. The van der Waals surface area contributed by atoms with E-state index in [-0.39, 0.29) is 0 Å². The van der Waals surface area contributed by atoms with Gasteiger partial charge in [-0.2, -0.15) is 0 Å². The first-order valence-electron chi connectivity index (χ1n) is 5.10. The lowest BCUT2D eigenvalue weighted by molar-refractivity contribution is -0.723. The largest absolute Gasteiger partial charge is 0.227 e. The Balaban J connectivity index is 2.35. The molecule has 14 heavy (non-hydrogen) atoms. The molecule has 0 saturated heterocycles. The molecule has 0 aromatic rings. The zero-order valence-electron chi connectivity index (χ0n) is 8.58. The molecule has 1 heterocycles. The number of rotatable bonds is 2. The number of likely N-dealkylation sites (N-methyl/N-ethyl adjacent to an activating group) is 1. The van der Waals surface area contributed by atoms with Gasteiger partial charge in [0.2, 0.25) is 0 Å². The van der Waals surface area contributed by atoms with Crippen LogP contribution in [0.4, 0.5) is 0 Å². The van der Waals surface area contributed by atoms with Crippen LogP contribution in [0.3, 0.4) is 0 Å². The molecular formula is C11H16NS2+. The van der Waals surface area contributed by atoms with Gasteiger partial charge < -0.3 is 0 Å². The summed E-state index contributed by atoms with van der Waals surface area (Å²) in [6.45, 7) is 4.83. The van der Waals surface area contributed by atoms with E-state index >= 15 is 0 Å². The zero-order chi connectivity index (χ0) is 10.2. The highest BCUT2D eigenvalue weighted by Crippen LogP contribution is 2.46. The third-order valence-corrected chi connectivity index (χ3v) is 4.67. The van der Waals surface area contributed by atoms with Crippen molar-refractivity contribution in [2.24, 2.45) is 0 Å². The van der Waals surface area contributed by atoms with Crippen LogP contribution in [0.25, 0.3) is 0 Å². The van der Waals surface area contributed by atoms with Crippen molar-refractivity contribution in [3.63, 3.8) is 0 Å². The fourth-order valence-electron chi connectivity index (χ4n) is 2.32. The summed E-state index contributed by atoms with van der Waals surface area (Å²) < 4.78 is 2.06. The molecule has 0 aromatic carbocycles. The summed E-state index contributed by atoms with van der Waals surface area (Å²) in [7, 11) is 2.26. The van der Waals surface area contributed by atoms with Gasteiger partial charge in [0.05, 0.1) is 7.05 Å². The predicted octanol–water partition coefficient (Wildman–Crippen LogP) is 3.44. The summed E-state index contributed by atoms with van der Waals surface area (Å²) in [4.78, 5) is 0. The van der Waals surface area contributed by atoms with Crippen molar-refractivity contribution >= 4 is 28.4 Å². The van der Waals surface area contributed by atoms with Crippen molar-refractivity contribution in [2.45, 2.75) is 25.7 Å². The number of hydrogen-bond acceptors (Lipinski definition) is 2. The van der Waals surface area contributed by atoms with Gasteiger partial charge in [-0.1, -0.05) is 18.8 Å². The molecule has 0 N–H and O–H groups in total. The Hall–Kier alpha value is -0.120. The molecule has 2 aliphatic rings. The first-order valence-corrected chi connectivity index (χ1v) is 6.28. The molecule has 0 fully saturated rings. The number of hydrogen-bond donors (Lipinski definition) is 0. The Morgan fingerprint density at radius 3 is 2.93 bits per heavy atom. The molecule has 76 valence electrons. The SMILES string of the molecule is C=CC[N@@+]1(C)SC(=S)C2=C1CCCC2. The van der Waals surface area contributed by atoms with Gasteiger partial charge in [-0.15, -0.1) is 0 Å². The smallest absolute Gasteiger partial charge is 0.138 e. The van der Waals surface area contributed by atoms with Crippen LogP contribution in [0.2, 0.25) is 0 Å². The lowest BCUT2D eigenvalue weighted by Crippen LogP contribution is -2.33. The Labute approximate surface area is 95.6 Å². The molecule has 0 unspecified atom stereocenters. The lowest BCUT2D eigenvalue weighted by atomic mass is 9.97. The van der Waals surface area contributed by atoms with E-state index < -0.39 is 0 Å². The Bertz CT molecular complexity index is 319. The van der Waals surface area contributed by atoms with E-state index in [1.807, 2.05) is 18.0 Å². The molecule has 1 atom stereocenters. The number of quaternary nitrogens is 1. The van der Waals surface area contributed by atoms with Gasteiger partial charge in [-0.3, -0.25) is 0 Å². The van der Waals surface area contributed by atoms with E-state index in [1.54, 1.807) is 5.70 Å². The summed E-state index contributed by atoms with van der Waals surface area (Å²) in [5.74, 6) is 0. The molecule has 1 aliphatic carbocycles. The van der Waals surface area contributed by atoms with E-state index in [4.69, 9.17) is 12.2 Å². The Morgan fingerprint density at radius 2 is 2.21 bits per heavy atom. The maximum absolute atomic E-state index is 5.44. The second kappa shape index (κ2) is 3.80. The predicted molar refractivity (Wildman–Crippen MR) is 66.9 cm³/mol. The van der Waals surface area contributed by atoms with Crippen molar-refractivity contribution < 1.29 is 3.89 Å². The summed E-state index contributed by atoms with van der Waals surface area (Å²) in [6, 6.07) is 0. The molecule has 1 aliphatic heterocycles. The summed E-state index contributed by atoms with van der Waals surface area (Å²) in [5, 5.41) is 0. The fraction of sp³-hybridized carbons (Fsp3) is 0.545. The topological polar surface area (TPSA) is 0 Å². The highest BCUT2D eigenvalue weighted by molar-refractivity contribution is 8.20. The average Bonchev–Trinajstić information content (AvgIpc) is 2.41. The fourth-order valence-corrected chi connectivity index (χ4v) is 4.22. The maximum atomic E-state index is 5.44. The van der Waals surface area contributed by atoms with Crippen molar-refractivity contribution in [3.05, 3.63) is 23.9 Å². The van der Waals surface area contributed by atoms with E-state index in [1.165, 1.54) is 31.3 Å². The van der Waals surface area contributed by atoms with Crippen molar-refractivity contribution in [1.29, 1.82) is 0 Å². The van der Waals surface area contributed by atoms with Crippen LogP contribution in [-0.2, 0) is 0 Å². The van der Waals surface area contributed by atoms with Crippen molar-refractivity contribution in [3.8, 4) is 0 Å². The standard InChI is InChI=1S/C11H16NS2/c1-3-8-12(2)10-7-5-4-6-9(10)11(13)14-12/h3H,1,4-8H2,2H3/q+1/t12-/m1/s1. The molecule has 1 nitrogen and oxygen atoms in total. The van der Waals surface area contributed by atoms with Gasteiger partial charge >= 0.3 is 0 Å². The van der Waals surface area contributed by atoms with Crippen LogP contribution >= 0.6 is 24.2 Å². The molecule has 0 spiro atoms. The second-order valence-electron chi connectivity index (χ2n) is 4.08. The molecule has 0 aromatic heterocycles. The van der Waals surface area contributed by atoms with Gasteiger partial charge in [0.15, 0.2) is 0 Å². The number of thiocarbonyl (C=S) groups is 1. The normalized spacial score (nSPS) is 31.9. The Morgan fingerprint density at radius 1 is 1.50 bits per heavy atom. The minimum absolute atomic E-state index is 0.928. The van der Waals surface area contributed by atoms with Crippen LogP contribution in [0, 0.1) is 0 Å². The van der Waals surface area contributed by atoms with Crippen LogP contribution in [-0.4, -0.2) is 21.7 Å². The highest BCUT2D eigenvalue weighted by Gasteiger charge is 2.42. The maximum Gasteiger partial charge on any atom is 0.138 e. The van der Waals surface area contributed by atoms with E-state index in [2.05, 4.69) is 13.6 Å². The summed E-state index contributed by atoms with van der Waals surface area (Å²) in [6.07, 6.45) is 7.07. The average molecular weight is 226 g/mol. The number of allylic oxidation sites excluding steroid dienone is 1. The van der Waals surface area contributed by atoms with E-state index in [0.29, 0.717) is 0 Å². The van der Waals surface area contributed by atoms with Crippen molar-refractivity contribution in [1.82, 2.24) is 0 Å². The van der Waals surface area contributed by atoms with Crippen LogP contribution < -0.4 is 0 Å². The quantitative estimate of drug-likeness (QED) is 0.306. The van der Waals surface area contributed by atoms with Crippen LogP contribution in [0.1, 0.15) is 25.7 Å². The molecule has 0 saturated carbocycles. The van der Waals surface area contributed by atoms with Crippen molar-refractivity contribution in [2.75, 3.05) is 13.6 Å². The molecule has 0 amide bonds. The highest BCUT2D eigenvalue weighted by atomic mass is 32.2. The molecular weight excluding hydrogens is 210 g/mol. The lowest BCUT2D eigenvalue weighted by Gasteiger charge is -2.28. The third-order valence-electron chi connectivity index (χ3n) is 3.02. The van der Waals surface area contributed by atoms with Gasteiger partial charge in [-0.25, -0.2) is 3.89 Å². The molecule has 0 radical (unpaired) electrons. The molecule has 0 bridgehead atoms. The first kappa shape index (κ1) is 10.4. The monoisotopic (exact) mass is 226 g/mol. The van der Waals surface area contributed by atoms with Gasteiger partial charge in [0, 0.05) is 12.0 Å². The van der Waals surface area contributed by atoms with Crippen LogP contribution in [0.15, 0.2) is 23.9 Å². The van der Waals surface area contributed by atoms with Gasteiger partial charge in [0.1, 0.15) is 28.4 Å². The first-order chi connectivity index (χ1) is 6.67. The van der Waals surface area contributed by atoms with E-state index in [0.717, 1.165) is 14.6 Å². The van der Waals surface area contributed by atoms with Gasteiger partial charge in [0.25, 0.3) is 0 Å². The summed E-state index contributed by atoms with van der Waals surface area (Å²) >= 11 is 7.26. The second-order valence-corrected chi connectivity index (χ2v) is 6.15. The third kappa shape index (κ3) is 1.58. The van der Waals surface area contributed by atoms with Gasteiger partial charge in [-0.05, 0) is 25.3 Å². The summed E-state index contributed by atoms with van der Waals surface area (Å²) in [5.41, 5.74) is 3.03. The molecule has 2 rings (SSSR count). The minimum Gasteiger partial charge on any atom is -0.227 e. The zero-order valence-corrected chi connectivity index (χ0v) is 10.2.